The van der Waals surface area contributed by atoms with Gasteiger partial charge in [-0.25, -0.2) is 8.78 Å². The maximum absolute atomic E-state index is 12.9. The van der Waals surface area contributed by atoms with Crippen LogP contribution < -0.4 is 10.9 Å². The van der Waals surface area contributed by atoms with Crippen LogP contribution in [0.5, 0.6) is 0 Å². The Morgan fingerprint density at radius 2 is 2.05 bits per heavy atom. The number of rotatable bonds is 4. The molecule has 0 atom stereocenters. The van der Waals surface area contributed by atoms with Crippen molar-refractivity contribution in [2.45, 2.75) is 26.2 Å². The van der Waals surface area contributed by atoms with Gasteiger partial charge in [0.05, 0.1) is 11.9 Å². The number of aryl methyl sites for hydroxylation is 1. The smallest absolute Gasteiger partial charge is 0.282 e. The van der Waals surface area contributed by atoms with Crippen LogP contribution in [0.3, 0.4) is 0 Å². The highest BCUT2D eigenvalue weighted by molar-refractivity contribution is 6.04. The molecule has 0 aliphatic heterocycles. The third-order valence-corrected chi connectivity index (χ3v) is 3.24. The number of anilines is 1. The van der Waals surface area contributed by atoms with Crippen molar-refractivity contribution in [1.29, 1.82) is 0 Å². The van der Waals surface area contributed by atoms with Crippen LogP contribution in [0.2, 0.25) is 0 Å². The molecule has 2 N–H and O–H groups in total. The first kappa shape index (κ1) is 15.9. The number of carbonyl (C=O) groups is 1. The van der Waals surface area contributed by atoms with Crippen LogP contribution in [0.25, 0.3) is 0 Å². The van der Waals surface area contributed by atoms with E-state index in [0.717, 1.165) is 10.9 Å². The molecular weight excluding hydrogens is 294 g/mol. The second kappa shape index (κ2) is 6.08. The molecule has 0 aromatic carbocycles. The van der Waals surface area contributed by atoms with Crippen molar-refractivity contribution in [1.82, 2.24) is 14.8 Å². The summed E-state index contributed by atoms with van der Waals surface area (Å²) in [5, 5.41) is 5.98. The predicted octanol–water partition coefficient (Wildman–Crippen LogP) is 2.42. The van der Waals surface area contributed by atoms with Crippen LogP contribution in [0.4, 0.5) is 14.5 Å². The SMILES string of the molecule is CC(C)c1ccc(C(=O)Nc2cnn(C)c2C(F)F)c(=O)[nH]1. The van der Waals surface area contributed by atoms with Gasteiger partial charge in [-0.1, -0.05) is 13.8 Å². The molecule has 6 nitrogen and oxygen atoms in total. The predicted molar refractivity (Wildman–Crippen MR) is 77.3 cm³/mol. The molecule has 2 aromatic rings. The zero-order chi connectivity index (χ0) is 16.4. The maximum Gasteiger partial charge on any atom is 0.282 e. The molecular formula is C14H16F2N4O2. The van der Waals surface area contributed by atoms with E-state index in [4.69, 9.17) is 0 Å². The Morgan fingerprint density at radius 3 is 2.59 bits per heavy atom. The van der Waals surface area contributed by atoms with Crippen molar-refractivity contribution in [3.63, 3.8) is 0 Å². The van der Waals surface area contributed by atoms with Gasteiger partial charge in [-0.3, -0.25) is 14.3 Å². The summed E-state index contributed by atoms with van der Waals surface area (Å²) < 4.78 is 26.8. The summed E-state index contributed by atoms with van der Waals surface area (Å²) in [7, 11) is 1.35. The molecule has 2 heterocycles. The number of nitrogens with zero attached hydrogens (tertiary/aromatic N) is 2. The standard InChI is InChI=1S/C14H16F2N4O2/c1-7(2)9-5-4-8(13(21)18-9)14(22)19-10-6-17-20(3)11(10)12(15)16/h4-7,12H,1-3H3,(H,18,21)(H,19,22). The van der Waals surface area contributed by atoms with Crippen LogP contribution in [0.1, 0.15) is 47.9 Å². The van der Waals surface area contributed by atoms with E-state index in [2.05, 4.69) is 15.4 Å². The van der Waals surface area contributed by atoms with E-state index in [0.29, 0.717) is 5.69 Å². The number of pyridine rings is 1. The first-order valence-corrected chi connectivity index (χ1v) is 6.66. The van der Waals surface area contributed by atoms with Crippen LogP contribution in [-0.4, -0.2) is 20.7 Å². The summed E-state index contributed by atoms with van der Waals surface area (Å²) in [5.74, 6) is -0.653. The monoisotopic (exact) mass is 310 g/mol. The van der Waals surface area contributed by atoms with Gasteiger partial charge in [-0.2, -0.15) is 5.10 Å². The van der Waals surface area contributed by atoms with Crippen LogP contribution in [0.15, 0.2) is 23.1 Å². The highest BCUT2D eigenvalue weighted by atomic mass is 19.3. The topological polar surface area (TPSA) is 79.8 Å². The quantitative estimate of drug-likeness (QED) is 0.910. The Kier molecular flexibility index (Phi) is 4.39. The maximum atomic E-state index is 12.9. The lowest BCUT2D eigenvalue weighted by atomic mass is 10.1. The number of alkyl halides is 2. The Morgan fingerprint density at radius 1 is 1.36 bits per heavy atom. The Hall–Kier alpha value is -2.51. The zero-order valence-corrected chi connectivity index (χ0v) is 12.4. The van der Waals surface area contributed by atoms with Crippen LogP contribution in [-0.2, 0) is 7.05 Å². The van der Waals surface area contributed by atoms with Crippen LogP contribution >= 0.6 is 0 Å². The fourth-order valence-corrected chi connectivity index (χ4v) is 2.00. The molecule has 0 saturated heterocycles. The summed E-state index contributed by atoms with van der Waals surface area (Å²) >= 11 is 0. The summed E-state index contributed by atoms with van der Waals surface area (Å²) in [6, 6.07) is 3.00. The van der Waals surface area contributed by atoms with Gasteiger partial charge in [-0.15, -0.1) is 0 Å². The number of aromatic amines is 1. The summed E-state index contributed by atoms with van der Waals surface area (Å²) in [6.45, 7) is 3.80. The minimum atomic E-state index is -2.79. The number of hydrogen-bond acceptors (Lipinski definition) is 3. The second-order valence-corrected chi connectivity index (χ2v) is 5.13. The molecule has 2 rings (SSSR count). The number of halogens is 2. The summed E-state index contributed by atoms with van der Waals surface area (Å²) in [6.07, 6.45) is -1.67. The van der Waals surface area contributed by atoms with Crippen molar-refractivity contribution >= 4 is 11.6 Å². The lowest BCUT2D eigenvalue weighted by Gasteiger charge is -2.08. The molecule has 118 valence electrons. The fourth-order valence-electron chi connectivity index (χ4n) is 2.00. The molecule has 0 radical (unpaired) electrons. The molecule has 8 heteroatoms. The largest absolute Gasteiger partial charge is 0.325 e. The third-order valence-electron chi connectivity index (χ3n) is 3.24. The first-order valence-electron chi connectivity index (χ1n) is 6.66. The van der Waals surface area contributed by atoms with Crippen molar-refractivity contribution in [2.24, 2.45) is 7.05 Å². The van der Waals surface area contributed by atoms with Crippen LogP contribution in [0, 0.1) is 0 Å². The van der Waals surface area contributed by atoms with Gasteiger partial charge >= 0.3 is 0 Å². The van der Waals surface area contributed by atoms with Gasteiger partial charge in [0.15, 0.2) is 0 Å². The molecule has 0 spiro atoms. The van der Waals surface area contributed by atoms with Crippen molar-refractivity contribution in [3.8, 4) is 0 Å². The number of hydrogen-bond donors (Lipinski definition) is 2. The molecule has 1 amide bonds. The fraction of sp³-hybridized carbons (Fsp3) is 0.357. The average molecular weight is 310 g/mol. The second-order valence-electron chi connectivity index (χ2n) is 5.13. The Labute approximate surface area is 125 Å². The lowest BCUT2D eigenvalue weighted by molar-refractivity contribution is 0.102. The Balaban J connectivity index is 2.29. The van der Waals surface area contributed by atoms with E-state index >= 15 is 0 Å². The number of amides is 1. The average Bonchev–Trinajstić information content (AvgIpc) is 2.79. The van der Waals surface area contributed by atoms with E-state index in [1.165, 1.54) is 13.1 Å². The number of H-pyrrole nitrogens is 1. The Bertz CT molecular complexity index is 750. The van der Waals surface area contributed by atoms with Crippen molar-refractivity contribution in [3.05, 3.63) is 45.6 Å². The number of carbonyl (C=O) groups excluding carboxylic acids is 1. The van der Waals surface area contributed by atoms with E-state index in [1.807, 2.05) is 13.8 Å². The van der Waals surface area contributed by atoms with E-state index in [1.54, 1.807) is 6.07 Å². The molecule has 22 heavy (non-hydrogen) atoms. The third kappa shape index (κ3) is 3.05. The zero-order valence-electron chi connectivity index (χ0n) is 12.4. The van der Waals surface area contributed by atoms with Gasteiger partial charge < -0.3 is 10.3 Å². The van der Waals surface area contributed by atoms with Gasteiger partial charge in [0.25, 0.3) is 17.9 Å². The summed E-state index contributed by atoms with van der Waals surface area (Å²) in [5.41, 5.74) is -0.547. The highest BCUT2D eigenvalue weighted by Crippen LogP contribution is 2.26. The minimum absolute atomic E-state index is 0.105. The van der Waals surface area contributed by atoms with Gasteiger partial charge in [-0.05, 0) is 18.1 Å². The van der Waals surface area contributed by atoms with Gasteiger partial charge in [0.2, 0.25) is 0 Å². The molecule has 0 fully saturated rings. The van der Waals surface area contributed by atoms with E-state index in [9.17, 15) is 18.4 Å². The molecule has 2 aromatic heterocycles. The number of nitrogens with one attached hydrogen (secondary N) is 2. The lowest BCUT2D eigenvalue weighted by Crippen LogP contribution is -2.24. The van der Waals surface area contributed by atoms with E-state index < -0.39 is 23.6 Å². The normalized spacial score (nSPS) is 11.2. The molecule has 0 aliphatic carbocycles. The molecule has 0 aliphatic rings. The van der Waals surface area contributed by atoms with Crippen molar-refractivity contribution in [2.75, 3.05) is 5.32 Å². The van der Waals surface area contributed by atoms with Gasteiger partial charge in [0.1, 0.15) is 11.3 Å². The van der Waals surface area contributed by atoms with E-state index in [-0.39, 0.29) is 17.2 Å². The molecule has 0 bridgehead atoms. The number of aromatic nitrogens is 3. The first-order chi connectivity index (χ1) is 10.3. The molecule has 0 unspecified atom stereocenters. The van der Waals surface area contributed by atoms with Gasteiger partial charge in [0, 0.05) is 12.7 Å². The summed E-state index contributed by atoms with van der Waals surface area (Å²) in [4.78, 5) is 26.6. The van der Waals surface area contributed by atoms with Crippen molar-refractivity contribution < 1.29 is 13.6 Å². The molecule has 0 saturated carbocycles. The minimum Gasteiger partial charge on any atom is -0.325 e. The highest BCUT2D eigenvalue weighted by Gasteiger charge is 2.21.